The van der Waals surface area contributed by atoms with Crippen molar-refractivity contribution in [3.63, 3.8) is 0 Å². The Kier molecular flexibility index (Phi) is 7.62. The molecule has 1 aromatic rings. The summed E-state index contributed by atoms with van der Waals surface area (Å²) in [6.45, 7) is 3.11. The third-order valence-corrected chi connectivity index (χ3v) is 4.93. The Morgan fingerprint density at radius 2 is 1.70 bits per heavy atom. The van der Waals surface area contributed by atoms with E-state index < -0.39 is 9.84 Å². The van der Waals surface area contributed by atoms with Gasteiger partial charge in [-0.05, 0) is 50.8 Å². The molecule has 0 atom stereocenters. The molecule has 0 aliphatic rings. The molecule has 0 saturated carbocycles. The minimum absolute atomic E-state index is 0.245. The molecule has 0 aliphatic heterocycles. The second-order valence-corrected chi connectivity index (χ2v) is 7.27. The van der Waals surface area contributed by atoms with Crippen LogP contribution in [0.3, 0.4) is 0 Å². The fourth-order valence-corrected chi connectivity index (χ4v) is 3.38. The Morgan fingerprint density at radius 1 is 1.05 bits per heavy atom. The second-order valence-electron chi connectivity index (χ2n) is 4.97. The van der Waals surface area contributed by atoms with Gasteiger partial charge in [-0.25, -0.2) is 8.42 Å². The van der Waals surface area contributed by atoms with Crippen molar-refractivity contribution in [2.45, 2.75) is 32.6 Å². The largest absolute Gasteiger partial charge is 0.493 e. The molecule has 0 aliphatic carbocycles. The Labute approximate surface area is 122 Å². The van der Waals surface area contributed by atoms with E-state index in [9.17, 15) is 8.42 Å². The van der Waals surface area contributed by atoms with Gasteiger partial charge in [0.05, 0.1) is 18.1 Å². The molecule has 0 fully saturated rings. The number of aryl methyl sites for hydroxylation is 1. The van der Waals surface area contributed by atoms with Gasteiger partial charge < -0.3 is 10.5 Å². The highest BCUT2D eigenvalue weighted by Crippen LogP contribution is 2.16. The average Bonchev–Trinajstić information content (AvgIpc) is 2.40. The molecular weight excluding hydrogens is 274 g/mol. The minimum atomic E-state index is -2.92. The number of sulfone groups is 1. The van der Waals surface area contributed by atoms with Crippen LogP contribution in [0.25, 0.3) is 0 Å². The van der Waals surface area contributed by atoms with Crippen molar-refractivity contribution < 1.29 is 13.2 Å². The van der Waals surface area contributed by atoms with Crippen LogP contribution in [0, 0.1) is 6.92 Å². The first-order valence-corrected chi connectivity index (χ1v) is 8.96. The molecule has 0 heterocycles. The molecule has 1 rings (SSSR count). The normalized spacial score (nSPS) is 11.5. The second kappa shape index (κ2) is 8.97. The van der Waals surface area contributed by atoms with Crippen LogP contribution < -0.4 is 10.5 Å². The first-order chi connectivity index (χ1) is 9.55. The quantitative estimate of drug-likeness (QED) is 0.673. The number of rotatable bonds is 10. The maximum Gasteiger partial charge on any atom is 0.150 e. The molecule has 114 valence electrons. The smallest absolute Gasteiger partial charge is 0.150 e. The first kappa shape index (κ1) is 17.0. The molecule has 0 saturated heterocycles. The SMILES string of the molecule is Cc1ccccc1OCCCCS(=O)(=O)CCCCN. The van der Waals surface area contributed by atoms with Crippen LogP contribution in [0.15, 0.2) is 24.3 Å². The predicted molar refractivity (Wildman–Crippen MR) is 82.9 cm³/mol. The Hall–Kier alpha value is -1.07. The van der Waals surface area contributed by atoms with Crippen molar-refractivity contribution in [1.82, 2.24) is 0 Å². The number of hydrogen-bond acceptors (Lipinski definition) is 4. The molecule has 1 aromatic carbocycles. The minimum Gasteiger partial charge on any atom is -0.493 e. The van der Waals surface area contributed by atoms with Crippen molar-refractivity contribution in [3.05, 3.63) is 29.8 Å². The van der Waals surface area contributed by atoms with Crippen LogP contribution in [-0.4, -0.2) is 33.1 Å². The Balaban J connectivity index is 2.17. The van der Waals surface area contributed by atoms with Crippen LogP contribution >= 0.6 is 0 Å². The van der Waals surface area contributed by atoms with E-state index in [1.54, 1.807) is 0 Å². The maximum atomic E-state index is 11.7. The monoisotopic (exact) mass is 299 g/mol. The van der Waals surface area contributed by atoms with E-state index in [1.165, 1.54) is 0 Å². The highest BCUT2D eigenvalue weighted by atomic mass is 32.2. The van der Waals surface area contributed by atoms with Crippen LogP contribution in [0.4, 0.5) is 0 Å². The molecule has 0 spiro atoms. The molecule has 0 radical (unpaired) electrons. The number of unbranched alkanes of at least 4 members (excludes halogenated alkanes) is 2. The number of ether oxygens (including phenoxy) is 1. The zero-order valence-electron chi connectivity index (χ0n) is 12.2. The van der Waals surface area contributed by atoms with Crippen molar-refractivity contribution >= 4 is 9.84 Å². The lowest BCUT2D eigenvalue weighted by atomic mass is 10.2. The Bertz CT molecular complexity index is 486. The number of nitrogens with two attached hydrogens (primary N) is 1. The van der Waals surface area contributed by atoms with Crippen molar-refractivity contribution in [3.8, 4) is 5.75 Å². The van der Waals surface area contributed by atoms with E-state index in [0.717, 1.165) is 24.2 Å². The highest BCUT2D eigenvalue weighted by molar-refractivity contribution is 7.91. The third-order valence-electron chi connectivity index (χ3n) is 3.11. The van der Waals surface area contributed by atoms with Crippen LogP contribution in [0.1, 0.15) is 31.2 Å². The van der Waals surface area contributed by atoms with E-state index in [-0.39, 0.29) is 11.5 Å². The topological polar surface area (TPSA) is 69.4 Å². The van der Waals surface area contributed by atoms with E-state index in [1.807, 2.05) is 31.2 Å². The van der Waals surface area contributed by atoms with Crippen LogP contribution in [-0.2, 0) is 9.84 Å². The fraction of sp³-hybridized carbons (Fsp3) is 0.600. The number of para-hydroxylation sites is 1. The third kappa shape index (κ3) is 6.91. The lowest BCUT2D eigenvalue weighted by Gasteiger charge is -2.08. The standard InChI is InChI=1S/C15H25NO3S/c1-14-8-2-3-9-15(14)19-11-5-7-13-20(17,18)12-6-4-10-16/h2-3,8-9H,4-7,10-13,16H2,1H3. The summed E-state index contributed by atoms with van der Waals surface area (Å²) in [6.07, 6.45) is 2.84. The molecule has 4 nitrogen and oxygen atoms in total. The van der Waals surface area contributed by atoms with Crippen molar-refractivity contribution in [2.75, 3.05) is 24.7 Å². The summed E-state index contributed by atoms with van der Waals surface area (Å²) in [5, 5.41) is 0. The van der Waals surface area contributed by atoms with E-state index >= 15 is 0 Å². The van der Waals surface area contributed by atoms with E-state index in [4.69, 9.17) is 10.5 Å². The van der Waals surface area contributed by atoms with Gasteiger partial charge in [0.1, 0.15) is 15.6 Å². The van der Waals surface area contributed by atoms with E-state index in [2.05, 4.69) is 0 Å². The molecule has 0 bridgehead atoms. The number of hydrogen-bond donors (Lipinski definition) is 1. The summed E-state index contributed by atoms with van der Waals surface area (Å²) in [7, 11) is -2.92. The summed E-state index contributed by atoms with van der Waals surface area (Å²) in [4.78, 5) is 0. The van der Waals surface area contributed by atoms with Gasteiger partial charge in [-0.3, -0.25) is 0 Å². The molecular formula is C15H25NO3S. The lowest BCUT2D eigenvalue weighted by molar-refractivity contribution is 0.307. The summed E-state index contributed by atoms with van der Waals surface area (Å²) in [6, 6.07) is 7.83. The average molecular weight is 299 g/mol. The highest BCUT2D eigenvalue weighted by Gasteiger charge is 2.09. The summed E-state index contributed by atoms with van der Waals surface area (Å²) in [5.74, 6) is 1.37. The molecule has 0 unspecified atom stereocenters. The van der Waals surface area contributed by atoms with Crippen molar-refractivity contribution in [1.29, 1.82) is 0 Å². The van der Waals surface area contributed by atoms with Gasteiger partial charge in [0, 0.05) is 0 Å². The zero-order chi connectivity index (χ0) is 14.8. The molecule has 5 heteroatoms. The summed E-state index contributed by atoms with van der Waals surface area (Å²) >= 11 is 0. The fourth-order valence-electron chi connectivity index (χ4n) is 1.89. The Morgan fingerprint density at radius 3 is 2.35 bits per heavy atom. The molecule has 20 heavy (non-hydrogen) atoms. The van der Waals surface area contributed by atoms with Crippen LogP contribution in [0.2, 0.25) is 0 Å². The van der Waals surface area contributed by atoms with Gasteiger partial charge in [0.2, 0.25) is 0 Å². The first-order valence-electron chi connectivity index (χ1n) is 7.14. The zero-order valence-corrected chi connectivity index (χ0v) is 13.0. The molecule has 0 aromatic heterocycles. The van der Waals surface area contributed by atoms with Crippen molar-refractivity contribution in [2.24, 2.45) is 5.73 Å². The van der Waals surface area contributed by atoms with Gasteiger partial charge in [-0.15, -0.1) is 0 Å². The summed E-state index contributed by atoms with van der Waals surface area (Å²) in [5.41, 5.74) is 6.45. The van der Waals surface area contributed by atoms with Gasteiger partial charge in [-0.1, -0.05) is 18.2 Å². The number of benzene rings is 1. The van der Waals surface area contributed by atoms with Gasteiger partial charge >= 0.3 is 0 Å². The van der Waals surface area contributed by atoms with Gasteiger partial charge in [-0.2, -0.15) is 0 Å². The van der Waals surface area contributed by atoms with Gasteiger partial charge in [0.25, 0.3) is 0 Å². The maximum absolute atomic E-state index is 11.7. The van der Waals surface area contributed by atoms with E-state index in [0.29, 0.717) is 26.0 Å². The summed E-state index contributed by atoms with van der Waals surface area (Å²) < 4.78 is 29.1. The predicted octanol–water partition coefficient (Wildman–Crippen LogP) is 2.31. The van der Waals surface area contributed by atoms with Gasteiger partial charge in [0.15, 0.2) is 0 Å². The molecule has 2 N–H and O–H groups in total. The van der Waals surface area contributed by atoms with Crippen LogP contribution in [0.5, 0.6) is 5.75 Å². The lowest BCUT2D eigenvalue weighted by Crippen LogP contribution is -2.13. The molecule has 0 amide bonds.